The smallest absolute Gasteiger partial charge is 0.398 e. The number of nitrogens with zero attached hydrogens (tertiary/aromatic N) is 2. The number of nitrogens with two attached hydrogens (primary N) is 1. The van der Waals surface area contributed by atoms with E-state index in [1.54, 1.807) is 4.90 Å². The molecular formula is C19H22F4N4. The molecule has 0 atom stereocenters. The Morgan fingerprint density at radius 3 is 2.37 bits per heavy atom. The number of hydrogen-bond acceptors (Lipinski definition) is 4. The molecule has 1 fully saturated rings. The molecule has 0 unspecified atom stereocenters. The number of alkyl halides is 3. The molecule has 146 valence electrons. The van der Waals surface area contributed by atoms with Crippen LogP contribution >= 0.6 is 0 Å². The molecular weight excluding hydrogens is 360 g/mol. The number of hydrogen-bond donors (Lipinski definition) is 2. The van der Waals surface area contributed by atoms with Crippen molar-refractivity contribution in [2.45, 2.75) is 12.7 Å². The van der Waals surface area contributed by atoms with Crippen molar-refractivity contribution in [1.29, 1.82) is 0 Å². The predicted octanol–water partition coefficient (Wildman–Crippen LogP) is 3.30. The van der Waals surface area contributed by atoms with Crippen molar-refractivity contribution in [3.05, 3.63) is 59.4 Å². The van der Waals surface area contributed by atoms with Gasteiger partial charge in [0.15, 0.2) is 0 Å². The number of nitrogen functional groups attached to an aromatic ring is 1. The third kappa shape index (κ3) is 5.11. The third-order valence-electron chi connectivity index (χ3n) is 4.65. The van der Waals surface area contributed by atoms with Gasteiger partial charge in [-0.1, -0.05) is 18.2 Å². The van der Waals surface area contributed by atoms with E-state index in [9.17, 15) is 17.6 Å². The van der Waals surface area contributed by atoms with Gasteiger partial charge in [0.05, 0.1) is 5.56 Å². The van der Waals surface area contributed by atoms with Gasteiger partial charge in [-0.15, -0.1) is 0 Å². The van der Waals surface area contributed by atoms with Crippen molar-refractivity contribution in [2.24, 2.45) is 0 Å². The standard InChI is InChI=1S/C19H22F4N4/c20-16-9-15(19(21,22)23)10-17(11-16)27-7-5-26(6-8-27)13-25-12-14-3-1-2-4-18(14)24/h1-4,9-11,25H,5-8,12-13,24H2. The number of benzene rings is 2. The normalized spacial score (nSPS) is 15.9. The molecule has 3 rings (SSSR count). The molecule has 3 N–H and O–H groups in total. The average molecular weight is 382 g/mol. The van der Waals surface area contributed by atoms with Crippen molar-refractivity contribution in [3.8, 4) is 0 Å². The van der Waals surface area contributed by atoms with Gasteiger partial charge in [0.1, 0.15) is 5.82 Å². The second-order valence-electron chi connectivity index (χ2n) is 6.58. The molecule has 0 amide bonds. The largest absolute Gasteiger partial charge is 0.416 e. The summed E-state index contributed by atoms with van der Waals surface area (Å²) in [7, 11) is 0. The summed E-state index contributed by atoms with van der Waals surface area (Å²) in [5, 5.41) is 3.32. The SMILES string of the molecule is Nc1ccccc1CNCN1CCN(c2cc(F)cc(C(F)(F)F)c2)CC1. The zero-order valence-corrected chi connectivity index (χ0v) is 14.8. The van der Waals surface area contributed by atoms with Gasteiger partial charge in [-0.2, -0.15) is 13.2 Å². The molecule has 2 aromatic rings. The zero-order valence-electron chi connectivity index (χ0n) is 14.8. The molecule has 0 saturated carbocycles. The Morgan fingerprint density at radius 1 is 1.00 bits per heavy atom. The first-order valence-electron chi connectivity index (χ1n) is 8.72. The first-order chi connectivity index (χ1) is 12.8. The van der Waals surface area contributed by atoms with E-state index in [0.717, 1.165) is 23.4 Å². The molecule has 4 nitrogen and oxygen atoms in total. The topological polar surface area (TPSA) is 44.5 Å². The summed E-state index contributed by atoms with van der Waals surface area (Å²) in [6.07, 6.45) is -4.55. The number of halogens is 4. The second kappa shape index (κ2) is 8.14. The van der Waals surface area contributed by atoms with Crippen LogP contribution in [0.1, 0.15) is 11.1 Å². The van der Waals surface area contributed by atoms with Crippen molar-refractivity contribution in [1.82, 2.24) is 10.2 Å². The molecule has 0 aromatic heterocycles. The van der Waals surface area contributed by atoms with Crippen LogP contribution in [0.5, 0.6) is 0 Å². The molecule has 1 aliphatic rings. The molecule has 8 heteroatoms. The quantitative estimate of drug-likeness (QED) is 0.615. The highest BCUT2D eigenvalue weighted by molar-refractivity contribution is 5.50. The van der Waals surface area contributed by atoms with Crippen LogP contribution in [0.3, 0.4) is 0 Å². The van der Waals surface area contributed by atoms with Gasteiger partial charge in [0.25, 0.3) is 0 Å². The minimum Gasteiger partial charge on any atom is -0.398 e. The summed E-state index contributed by atoms with van der Waals surface area (Å²) in [4.78, 5) is 3.95. The van der Waals surface area contributed by atoms with Crippen molar-refractivity contribution in [3.63, 3.8) is 0 Å². The Balaban J connectivity index is 1.52. The van der Waals surface area contributed by atoms with E-state index >= 15 is 0 Å². The number of nitrogens with one attached hydrogen (secondary N) is 1. The molecule has 0 spiro atoms. The molecule has 0 radical (unpaired) electrons. The lowest BCUT2D eigenvalue weighted by Crippen LogP contribution is -2.49. The lowest BCUT2D eigenvalue weighted by atomic mass is 10.1. The number of para-hydroxylation sites is 1. The first kappa shape index (κ1) is 19.4. The fraction of sp³-hybridized carbons (Fsp3) is 0.368. The molecule has 0 bridgehead atoms. The zero-order chi connectivity index (χ0) is 19.4. The highest BCUT2D eigenvalue weighted by Gasteiger charge is 2.32. The fourth-order valence-corrected chi connectivity index (χ4v) is 3.13. The van der Waals surface area contributed by atoms with Crippen molar-refractivity contribution < 1.29 is 17.6 Å². The number of piperazine rings is 1. The first-order valence-corrected chi connectivity index (χ1v) is 8.72. The monoisotopic (exact) mass is 382 g/mol. The van der Waals surface area contributed by atoms with Gasteiger partial charge in [-0.25, -0.2) is 4.39 Å². The molecule has 27 heavy (non-hydrogen) atoms. The minimum absolute atomic E-state index is 0.270. The maximum atomic E-state index is 13.6. The molecule has 0 aliphatic carbocycles. The Kier molecular flexibility index (Phi) is 5.86. The van der Waals surface area contributed by atoms with Gasteiger partial charge >= 0.3 is 6.18 Å². The van der Waals surface area contributed by atoms with Crippen LogP contribution in [-0.2, 0) is 12.7 Å². The predicted molar refractivity (Wildman–Crippen MR) is 97.7 cm³/mol. The van der Waals surface area contributed by atoms with Crippen LogP contribution in [0.25, 0.3) is 0 Å². The van der Waals surface area contributed by atoms with E-state index in [-0.39, 0.29) is 5.69 Å². The van der Waals surface area contributed by atoms with Crippen LogP contribution in [0.2, 0.25) is 0 Å². The maximum Gasteiger partial charge on any atom is 0.416 e. The summed E-state index contributed by atoms with van der Waals surface area (Å²) in [6, 6.07) is 10.3. The van der Waals surface area contributed by atoms with Gasteiger partial charge in [0.2, 0.25) is 0 Å². The lowest BCUT2D eigenvalue weighted by molar-refractivity contribution is -0.137. The third-order valence-corrected chi connectivity index (χ3v) is 4.65. The van der Waals surface area contributed by atoms with Gasteiger partial charge in [-0.3, -0.25) is 4.90 Å². The molecule has 2 aromatic carbocycles. The van der Waals surface area contributed by atoms with E-state index in [1.807, 2.05) is 24.3 Å². The van der Waals surface area contributed by atoms with Gasteiger partial charge in [-0.05, 0) is 29.8 Å². The number of rotatable bonds is 5. The van der Waals surface area contributed by atoms with Crippen LogP contribution in [0, 0.1) is 5.82 Å². The summed E-state index contributed by atoms with van der Waals surface area (Å²) < 4.78 is 52.2. The van der Waals surface area contributed by atoms with E-state index in [1.165, 1.54) is 0 Å². The van der Waals surface area contributed by atoms with Crippen LogP contribution in [-0.4, -0.2) is 37.7 Å². The maximum absolute atomic E-state index is 13.6. The molecule has 1 saturated heterocycles. The fourth-order valence-electron chi connectivity index (χ4n) is 3.13. The molecule has 1 aliphatic heterocycles. The Labute approximate surface area is 155 Å². The summed E-state index contributed by atoms with van der Waals surface area (Å²) in [6.45, 7) is 3.72. The van der Waals surface area contributed by atoms with Crippen LogP contribution in [0.15, 0.2) is 42.5 Å². The number of anilines is 2. The van der Waals surface area contributed by atoms with Crippen molar-refractivity contribution in [2.75, 3.05) is 43.5 Å². The van der Waals surface area contributed by atoms with Gasteiger partial charge in [0, 0.05) is 50.8 Å². The Bertz CT molecular complexity index is 771. The van der Waals surface area contributed by atoms with E-state index in [0.29, 0.717) is 45.5 Å². The second-order valence-corrected chi connectivity index (χ2v) is 6.58. The highest BCUT2D eigenvalue weighted by atomic mass is 19.4. The molecule has 1 heterocycles. The van der Waals surface area contributed by atoms with E-state index in [2.05, 4.69) is 10.2 Å². The summed E-state index contributed by atoms with van der Waals surface area (Å²) in [5.41, 5.74) is 6.98. The Hall–Kier alpha value is -2.32. The van der Waals surface area contributed by atoms with Gasteiger partial charge < -0.3 is 16.0 Å². The van der Waals surface area contributed by atoms with Crippen LogP contribution in [0.4, 0.5) is 28.9 Å². The van der Waals surface area contributed by atoms with Crippen LogP contribution < -0.4 is 16.0 Å². The van der Waals surface area contributed by atoms with E-state index in [4.69, 9.17) is 5.73 Å². The minimum atomic E-state index is -4.55. The average Bonchev–Trinajstić information content (AvgIpc) is 2.63. The summed E-state index contributed by atoms with van der Waals surface area (Å²) >= 11 is 0. The lowest BCUT2D eigenvalue weighted by Gasteiger charge is -2.36. The summed E-state index contributed by atoms with van der Waals surface area (Å²) in [5.74, 6) is -0.871. The van der Waals surface area contributed by atoms with E-state index < -0.39 is 17.6 Å². The highest BCUT2D eigenvalue weighted by Crippen LogP contribution is 2.32. The van der Waals surface area contributed by atoms with Crippen molar-refractivity contribution >= 4 is 11.4 Å². The Morgan fingerprint density at radius 2 is 1.70 bits per heavy atom.